The summed E-state index contributed by atoms with van der Waals surface area (Å²) in [6, 6.07) is 8.58. The largest absolute Gasteiger partial charge is 0.497 e. The van der Waals surface area contributed by atoms with E-state index in [0.717, 1.165) is 12.1 Å². The van der Waals surface area contributed by atoms with E-state index in [-0.39, 0.29) is 22.3 Å². The summed E-state index contributed by atoms with van der Waals surface area (Å²) in [6.45, 7) is -3.13. The predicted molar refractivity (Wildman–Crippen MR) is 83.2 cm³/mol. The molecule has 0 spiro atoms. The lowest BCUT2D eigenvalue weighted by molar-refractivity contribution is -0.137. The Balaban J connectivity index is 2.11. The van der Waals surface area contributed by atoms with Crippen LogP contribution < -0.4 is 9.47 Å². The number of aromatic nitrogens is 2. The Morgan fingerprint density at radius 3 is 2.23 bits per heavy atom. The van der Waals surface area contributed by atoms with E-state index in [2.05, 4.69) is 14.7 Å². The number of alkyl halides is 5. The molecule has 0 fully saturated rings. The fraction of sp³-hybridized carbons (Fsp3) is 0.176. The smallest absolute Gasteiger partial charge is 0.416 e. The van der Waals surface area contributed by atoms with Crippen molar-refractivity contribution >= 4 is 10.9 Å². The highest BCUT2D eigenvalue weighted by molar-refractivity contribution is 5.86. The summed E-state index contributed by atoms with van der Waals surface area (Å²) in [7, 11) is 1.41. The first-order valence-electron chi connectivity index (χ1n) is 7.26. The Labute approximate surface area is 144 Å². The van der Waals surface area contributed by atoms with Gasteiger partial charge in [-0.25, -0.2) is 4.98 Å². The Hall–Kier alpha value is -2.97. The molecule has 0 amide bonds. The fourth-order valence-electron chi connectivity index (χ4n) is 2.32. The molecular formula is C17H11F5N2O2. The van der Waals surface area contributed by atoms with Crippen LogP contribution in [0, 0.1) is 0 Å². The molecule has 4 nitrogen and oxygen atoms in total. The third-order valence-corrected chi connectivity index (χ3v) is 3.54. The monoisotopic (exact) mass is 370 g/mol. The summed E-state index contributed by atoms with van der Waals surface area (Å²) in [4.78, 5) is 8.14. The maximum atomic E-state index is 12.7. The summed E-state index contributed by atoms with van der Waals surface area (Å²) in [5.41, 5.74) is -0.322. The van der Waals surface area contributed by atoms with Gasteiger partial charge in [0.1, 0.15) is 5.75 Å². The van der Waals surface area contributed by atoms with E-state index >= 15 is 0 Å². The van der Waals surface area contributed by atoms with Crippen LogP contribution in [0.5, 0.6) is 11.6 Å². The molecule has 0 bridgehead atoms. The lowest BCUT2D eigenvalue weighted by Crippen LogP contribution is -2.06. The lowest BCUT2D eigenvalue weighted by atomic mass is 10.1. The molecule has 0 aliphatic carbocycles. The molecule has 0 radical (unpaired) electrons. The van der Waals surface area contributed by atoms with E-state index in [1.807, 2.05) is 0 Å². The Morgan fingerprint density at radius 1 is 0.962 bits per heavy atom. The number of nitrogens with zero attached hydrogens (tertiary/aromatic N) is 2. The van der Waals surface area contributed by atoms with Crippen molar-refractivity contribution in [2.45, 2.75) is 12.8 Å². The van der Waals surface area contributed by atoms with Gasteiger partial charge >= 0.3 is 12.8 Å². The lowest BCUT2D eigenvalue weighted by Gasteiger charge is -2.11. The molecule has 0 aliphatic heterocycles. The quantitative estimate of drug-likeness (QED) is 0.611. The van der Waals surface area contributed by atoms with E-state index in [1.54, 1.807) is 6.07 Å². The second kappa shape index (κ2) is 6.74. The predicted octanol–water partition coefficient (Wildman–Crippen LogP) is 4.93. The standard InChI is InChI=1S/C17H11F5N2O2/c1-25-11-6-7-13-12(8-11)15(26-16(18)19)24-14(23-13)9-2-4-10(5-3-9)17(20,21)22/h2-8,16H,1H3. The van der Waals surface area contributed by atoms with Crippen LogP contribution >= 0.6 is 0 Å². The zero-order valence-corrected chi connectivity index (χ0v) is 13.2. The summed E-state index contributed by atoms with van der Waals surface area (Å²) in [5, 5.41) is 0.195. The van der Waals surface area contributed by atoms with E-state index in [9.17, 15) is 22.0 Å². The molecule has 26 heavy (non-hydrogen) atoms. The molecule has 0 saturated heterocycles. The van der Waals surface area contributed by atoms with Crippen LogP contribution in [0.3, 0.4) is 0 Å². The van der Waals surface area contributed by atoms with Crippen LogP contribution in [0.15, 0.2) is 42.5 Å². The third-order valence-electron chi connectivity index (χ3n) is 3.54. The van der Waals surface area contributed by atoms with Gasteiger partial charge in [-0.05, 0) is 30.3 Å². The van der Waals surface area contributed by atoms with Gasteiger partial charge in [0.15, 0.2) is 5.82 Å². The number of hydrogen-bond donors (Lipinski definition) is 0. The number of ether oxygens (including phenoxy) is 2. The van der Waals surface area contributed by atoms with Crippen molar-refractivity contribution in [2.24, 2.45) is 0 Å². The first-order valence-corrected chi connectivity index (χ1v) is 7.26. The van der Waals surface area contributed by atoms with Gasteiger partial charge < -0.3 is 9.47 Å². The van der Waals surface area contributed by atoms with Crippen molar-refractivity contribution in [3.8, 4) is 23.0 Å². The molecule has 0 N–H and O–H groups in total. The molecule has 0 unspecified atom stereocenters. The Bertz CT molecular complexity index is 927. The highest BCUT2D eigenvalue weighted by Crippen LogP contribution is 2.33. The first kappa shape index (κ1) is 17.8. The van der Waals surface area contributed by atoms with Gasteiger partial charge in [-0.2, -0.15) is 26.9 Å². The van der Waals surface area contributed by atoms with Gasteiger partial charge in [-0.3, -0.25) is 0 Å². The van der Waals surface area contributed by atoms with Crippen LogP contribution in [-0.4, -0.2) is 23.7 Å². The minimum absolute atomic E-state index is 0.0351. The van der Waals surface area contributed by atoms with Gasteiger partial charge in [-0.1, -0.05) is 12.1 Å². The average molecular weight is 370 g/mol. The molecule has 136 valence electrons. The number of fused-ring (bicyclic) bond motifs is 1. The van der Waals surface area contributed by atoms with E-state index in [4.69, 9.17) is 4.74 Å². The second-order valence-corrected chi connectivity index (χ2v) is 5.19. The van der Waals surface area contributed by atoms with Gasteiger partial charge in [0.05, 0.1) is 23.6 Å². The maximum Gasteiger partial charge on any atom is 0.416 e. The summed E-state index contributed by atoms with van der Waals surface area (Å²) in [5.74, 6) is -0.0339. The number of methoxy groups -OCH3 is 1. The van der Waals surface area contributed by atoms with Gasteiger partial charge in [0, 0.05) is 5.56 Å². The fourth-order valence-corrected chi connectivity index (χ4v) is 2.32. The minimum Gasteiger partial charge on any atom is -0.497 e. The zero-order chi connectivity index (χ0) is 18.9. The highest BCUT2D eigenvalue weighted by Gasteiger charge is 2.30. The topological polar surface area (TPSA) is 44.2 Å². The molecule has 1 heterocycles. The summed E-state index contributed by atoms with van der Waals surface area (Å²) < 4.78 is 72.9. The Kier molecular flexibility index (Phi) is 4.62. The van der Waals surface area contributed by atoms with Crippen LogP contribution in [0.4, 0.5) is 22.0 Å². The van der Waals surface area contributed by atoms with Crippen molar-refractivity contribution in [2.75, 3.05) is 7.11 Å². The zero-order valence-electron chi connectivity index (χ0n) is 13.2. The molecule has 0 aliphatic rings. The molecule has 3 rings (SSSR count). The average Bonchev–Trinajstić information content (AvgIpc) is 2.60. The number of benzene rings is 2. The van der Waals surface area contributed by atoms with Crippen molar-refractivity contribution in [3.63, 3.8) is 0 Å². The molecular weight excluding hydrogens is 359 g/mol. The van der Waals surface area contributed by atoms with Gasteiger partial charge in [-0.15, -0.1) is 0 Å². The van der Waals surface area contributed by atoms with Gasteiger partial charge in [0.2, 0.25) is 5.88 Å². The maximum absolute atomic E-state index is 12.7. The number of halogens is 5. The number of rotatable bonds is 4. The molecule has 3 aromatic rings. The van der Waals surface area contributed by atoms with Crippen molar-refractivity contribution in [3.05, 3.63) is 48.0 Å². The normalized spacial score (nSPS) is 11.8. The molecule has 9 heteroatoms. The second-order valence-electron chi connectivity index (χ2n) is 5.19. The van der Waals surface area contributed by atoms with Crippen molar-refractivity contribution in [1.82, 2.24) is 9.97 Å². The summed E-state index contributed by atoms with van der Waals surface area (Å²) in [6.07, 6.45) is -4.48. The van der Waals surface area contributed by atoms with E-state index in [1.165, 1.54) is 31.4 Å². The van der Waals surface area contributed by atoms with Crippen LogP contribution in [0.1, 0.15) is 5.56 Å². The first-order chi connectivity index (χ1) is 12.3. The third kappa shape index (κ3) is 3.66. The minimum atomic E-state index is -4.48. The SMILES string of the molecule is COc1ccc2nc(-c3ccc(C(F)(F)F)cc3)nc(OC(F)F)c2c1. The van der Waals surface area contributed by atoms with Crippen LogP contribution in [0.25, 0.3) is 22.3 Å². The van der Waals surface area contributed by atoms with Gasteiger partial charge in [0.25, 0.3) is 0 Å². The molecule has 1 aromatic heterocycles. The Morgan fingerprint density at radius 2 is 1.65 bits per heavy atom. The van der Waals surface area contributed by atoms with Crippen LogP contribution in [-0.2, 0) is 6.18 Å². The van der Waals surface area contributed by atoms with E-state index in [0.29, 0.717) is 5.75 Å². The molecule has 0 saturated carbocycles. The molecule has 2 aromatic carbocycles. The van der Waals surface area contributed by atoms with Crippen molar-refractivity contribution < 1.29 is 31.4 Å². The highest BCUT2D eigenvalue weighted by atomic mass is 19.4. The van der Waals surface area contributed by atoms with E-state index < -0.39 is 24.2 Å². The summed E-state index contributed by atoms with van der Waals surface area (Å²) >= 11 is 0. The van der Waals surface area contributed by atoms with Crippen LogP contribution in [0.2, 0.25) is 0 Å². The number of hydrogen-bond acceptors (Lipinski definition) is 4. The van der Waals surface area contributed by atoms with Crippen molar-refractivity contribution in [1.29, 1.82) is 0 Å². The molecule has 0 atom stereocenters.